The number of hydrogen-bond acceptors (Lipinski definition) is 4. The maximum absolute atomic E-state index is 12.1. The molecule has 2 amide bonds. The summed E-state index contributed by atoms with van der Waals surface area (Å²) >= 11 is 0. The van der Waals surface area contributed by atoms with Gasteiger partial charge in [0.25, 0.3) is 0 Å². The zero-order valence-electron chi connectivity index (χ0n) is 13.2. The number of nitrogens with two attached hydrogens (primary N) is 2. The minimum Gasteiger partial charge on any atom is -0.444 e. The van der Waals surface area contributed by atoms with E-state index in [0.29, 0.717) is 19.5 Å². The van der Waals surface area contributed by atoms with E-state index >= 15 is 0 Å². The highest BCUT2D eigenvalue weighted by Gasteiger charge is 2.48. The fourth-order valence-electron chi connectivity index (χ4n) is 2.51. The van der Waals surface area contributed by atoms with Gasteiger partial charge in [-0.3, -0.25) is 4.79 Å². The molecule has 1 fully saturated rings. The number of primary amides is 1. The average Bonchev–Trinajstić information content (AvgIpc) is 2.18. The van der Waals surface area contributed by atoms with Crippen molar-refractivity contribution < 1.29 is 14.3 Å². The smallest absolute Gasteiger partial charge is 0.410 e. The molecule has 6 heteroatoms. The maximum atomic E-state index is 12.1. The monoisotopic (exact) mass is 285 g/mol. The minimum absolute atomic E-state index is 0.127. The van der Waals surface area contributed by atoms with E-state index in [0.717, 1.165) is 0 Å². The van der Waals surface area contributed by atoms with Crippen LogP contribution in [0.1, 0.15) is 47.5 Å². The lowest BCUT2D eigenvalue weighted by Gasteiger charge is -2.50. The summed E-state index contributed by atoms with van der Waals surface area (Å²) in [7, 11) is 0. The van der Waals surface area contributed by atoms with Crippen molar-refractivity contribution in [2.75, 3.05) is 13.1 Å². The molecule has 0 spiro atoms. The van der Waals surface area contributed by atoms with Crippen molar-refractivity contribution in [2.45, 2.75) is 58.6 Å². The van der Waals surface area contributed by atoms with Gasteiger partial charge in [-0.2, -0.15) is 0 Å². The summed E-state index contributed by atoms with van der Waals surface area (Å²) in [4.78, 5) is 25.0. The van der Waals surface area contributed by atoms with Crippen molar-refractivity contribution in [2.24, 2.45) is 16.9 Å². The molecular weight excluding hydrogens is 258 g/mol. The molecule has 1 aliphatic rings. The van der Waals surface area contributed by atoms with Crippen LogP contribution in [0.4, 0.5) is 4.79 Å². The number of rotatable bonds is 2. The Bertz CT molecular complexity index is 401. The lowest BCUT2D eigenvalue weighted by molar-refractivity contribution is -0.121. The molecule has 0 bridgehead atoms. The van der Waals surface area contributed by atoms with Crippen LogP contribution in [0.3, 0.4) is 0 Å². The number of likely N-dealkylation sites (tertiary alicyclic amines) is 1. The average molecular weight is 285 g/mol. The Hall–Kier alpha value is -1.30. The molecule has 1 unspecified atom stereocenters. The highest BCUT2D eigenvalue weighted by atomic mass is 16.6. The molecule has 6 nitrogen and oxygen atoms in total. The summed E-state index contributed by atoms with van der Waals surface area (Å²) in [5.74, 6) is -0.411. The molecular formula is C14H27N3O3. The third kappa shape index (κ3) is 3.85. The molecule has 0 aliphatic carbocycles. The molecule has 1 saturated heterocycles. The summed E-state index contributed by atoms with van der Waals surface area (Å²) in [6.07, 6.45) is 0.316. The molecule has 0 aromatic rings. The predicted molar refractivity (Wildman–Crippen MR) is 76.9 cm³/mol. The quantitative estimate of drug-likeness (QED) is 0.797. The van der Waals surface area contributed by atoms with Crippen molar-refractivity contribution in [3.63, 3.8) is 0 Å². The summed E-state index contributed by atoms with van der Waals surface area (Å²) in [5.41, 5.74) is 10.0. The second kappa shape index (κ2) is 5.24. The van der Waals surface area contributed by atoms with E-state index < -0.39 is 22.5 Å². The van der Waals surface area contributed by atoms with Crippen LogP contribution in [-0.2, 0) is 9.53 Å². The van der Waals surface area contributed by atoms with Gasteiger partial charge in [0, 0.05) is 30.5 Å². The van der Waals surface area contributed by atoms with Crippen molar-refractivity contribution >= 4 is 12.0 Å². The lowest BCUT2D eigenvalue weighted by atomic mass is 9.66. The van der Waals surface area contributed by atoms with Gasteiger partial charge in [-0.05, 0) is 27.2 Å². The number of ether oxygens (including phenoxy) is 1. The molecule has 116 valence electrons. The fraction of sp³-hybridized carbons (Fsp3) is 0.857. The van der Waals surface area contributed by atoms with Crippen LogP contribution >= 0.6 is 0 Å². The van der Waals surface area contributed by atoms with Crippen molar-refractivity contribution in [3.05, 3.63) is 0 Å². The first-order valence-corrected chi connectivity index (χ1v) is 6.91. The molecule has 1 aliphatic heterocycles. The van der Waals surface area contributed by atoms with Crippen LogP contribution in [0.15, 0.2) is 0 Å². The Morgan fingerprint density at radius 1 is 1.30 bits per heavy atom. The molecule has 0 aromatic carbocycles. The van der Waals surface area contributed by atoms with Gasteiger partial charge in [-0.15, -0.1) is 0 Å². The minimum atomic E-state index is -0.683. The molecule has 0 radical (unpaired) electrons. The van der Waals surface area contributed by atoms with E-state index in [1.807, 2.05) is 34.6 Å². The molecule has 4 N–H and O–H groups in total. The van der Waals surface area contributed by atoms with E-state index in [-0.39, 0.29) is 12.5 Å². The topological polar surface area (TPSA) is 98.7 Å². The number of piperidine rings is 1. The third-order valence-electron chi connectivity index (χ3n) is 3.90. The van der Waals surface area contributed by atoms with E-state index in [1.54, 1.807) is 4.90 Å². The van der Waals surface area contributed by atoms with E-state index in [9.17, 15) is 9.59 Å². The van der Waals surface area contributed by atoms with Gasteiger partial charge in [-0.1, -0.05) is 13.8 Å². The first kappa shape index (κ1) is 16.8. The van der Waals surface area contributed by atoms with Crippen LogP contribution in [0, 0.1) is 5.41 Å². The lowest BCUT2D eigenvalue weighted by Crippen LogP contribution is -2.64. The number of carbonyl (C=O) groups is 2. The Morgan fingerprint density at radius 2 is 1.85 bits per heavy atom. The highest BCUT2D eigenvalue weighted by Crippen LogP contribution is 2.39. The van der Waals surface area contributed by atoms with Crippen LogP contribution in [0.25, 0.3) is 0 Å². The van der Waals surface area contributed by atoms with E-state index in [4.69, 9.17) is 16.2 Å². The molecule has 1 atom stereocenters. The van der Waals surface area contributed by atoms with E-state index in [2.05, 4.69) is 0 Å². The Labute approximate surface area is 120 Å². The normalized spacial score (nSPS) is 26.2. The van der Waals surface area contributed by atoms with Gasteiger partial charge in [0.1, 0.15) is 5.60 Å². The van der Waals surface area contributed by atoms with Gasteiger partial charge >= 0.3 is 6.09 Å². The molecule has 0 saturated carbocycles. The summed E-state index contributed by atoms with van der Waals surface area (Å²) in [6.45, 7) is 10.3. The predicted octanol–water partition coefficient (Wildman–Crippen LogP) is 1.23. The van der Waals surface area contributed by atoms with Gasteiger partial charge in [-0.25, -0.2) is 4.79 Å². The van der Waals surface area contributed by atoms with Gasteiger partial charge in [0.15, 0.2) is 0 Å². The Kier molecular flexibility index (Phi) is 4.39. The molecule has 20 heavy (non-hydrogen) atoms. The second-order valence-corrected chi connectivity index (χ2v) is 7.34. The molecule has 1 rings (SSSR count). The molecule has 0 aromatic heterocycles. The Balaban J connectivity index is 2.79. The third-order valence-corrected chi connectivity index (χ3v) is 3.90. The highest BCUT2D eigenvalue weighted by molar-refractivity contribution is 5.75. The van der Waals surface area contributed by atoms with Crippen molar-refractivity contribution in [1.29, 1.82) is 0 Å². The first-order valence-electron chi connectivity index (χ1n) is 6.91. The Morgan fingerprint density at radius 3 is 2.25 bits per heavy atom. The van der Waals surface area contributed by atoms with Crippen LogP contribution in [0.2, 0.25) is 0 Å². The maximum Gasteiger partial charge on any atom is 0.410 e. The zero-order chi connectivity index (χ0) is 15.8. The van der Waals surface area contributed by atoms with Crippen LogP contribution in [0.5, 0.6) is 0 Å². The van der Waals surface area contributed by atoms with Crippen molar-refractivity contribution in [1.82, 2.24) is 4.90 Å². The van der Waals surface area contributed by atoms with E-state index in [1.165, 1.54) is 0 Å². The summed E-state index contributed by atoms with van der Waals surface area (Å²) < 4.78 is 5.37. The standard InChI is InChI=1S/C14H27N3O3/c1-12(2,3)20-11(19)17-7-6-14(16,8-10(15)18)13(4,5)9-17/h6-9,16H2,1-5H3,(H2,15,18). The number of nitrogens with zero attached hydrogens (tertiary/aromatic N) is 1. The number of carbonyl (C=O) groups excluding carboxylic acids is 2. The molecule has 1 heterocycles. The van der Waals surface area contributed by atoms with Crippen molar-refractivity contribution in [3.8, 4) is 0 Å². The summed E-state index contributed by atoms with van der Waals surface area (Å²) in [6, 6.07) is 0. The first-order chi connectivity index (χ1) is 8.86. The van der Waals surface area contributed by atoms with Crippen LogP contribution in [-0.4, -0.2) is 41.1 Å². The zero-order valence-corrected chi connectivity index (χ0v) is 13.2. The summed E-state index contributed by atoms with van der Waals surface area (Å²) in [5, 5.41) is 0. The van der Waals surface area contributed by atoms with Gasteiger partial charge < -0.3 is 21.1 Å². The number of hydrogen-bond donors (Lipinski definition) is 2. The number of amides is 2. The van der Waals surface area contributed by atoms with Gasteiger partial charge in [0.2, 0.25) is 5.91 Å². The largest absolute Gasteiger partial charge is 0.444 e. The van der Waals surface area contributed by atoms with Gasteiger partial charge in [0.05, 0.1) is 0 Å². The second-order valence-electron chi connectivity index (χ2n) is 7.34. The SMILES string of the molecule is CC(C)(C)OC(=O)N1CCC(N)(CC(N)=O)C(C)(C)C1. The van der Waals surface area contributed by atoms with Crippen LogP contribution < -0.4 is 11.5 Å². The fourth-order valence-corrected chi connectivity index (χ4v) is 2.51.